The Morgan fingerprint density at radius 2 is 1.62 bits per heavy atom. The number of para-hydroxylation sites is 1. The lowest BCUT2D eigenvalue weighted by molar-refractivity contribution is -0.139. The Bertz CT molecular complexity index is 1950. The van der Waals surface area contributed by atoms with Crippen LogP contribution in [-0.4, -0.2) is 77.8 Å². The monoisotopic (exact) mass is 759 g/mol. The van der Waals surface area contributed by atoms with Crippen LogP contribution in [0.1, 0.15) is 70.9 Å². The maximum atomic E-state index is 14.6. The molecule has 0 unspecified atom stereocenters. The minimum Gasteiger partial charge on any atom is -0.395 e. The lowest BCUT2D eigenvalue weighted by Crippen LogP contribution is -2.55. The number of carbonyl (C=O) groups is 3. The van der Waals surface area contributed by atoms with Gasteiger partial charge in [-0.15, -0.1) is 0 Å². The summed E-state index contributed by atoms with van der Waals surface area (Å²) in [6.07, 6.45) is 10.8. The second kappa shape index (κ2) is 17.8. The molecule has 10 heteroatoms. The van der Waals surface area contributed by atoms with E-state index in [0.717, 1.165) is 42.8 Å². The molecule has 3 aliphatic rings. The standard InChI is InChI=1S/C46H57N5O5/c1-34(2)13-11-14-35(3)23-28-49-41-22-21-39(50-33-51(38-18-9-6-10-19-38)45(43(50)54)24-26-47-27-25-45)31-40(41)46(56,44(49)55)36(4)15-12-20-42(53)48(29-30-52)32-37-16-7-5-8-17-37/h5-10,12-13,15-19,21-23,31,36,47,52,56H,11,14,20,24-30,32-33H2,1-4H3/b15-12+,35-23+/t36-,46+/m0/s1. The molecule has 3 heterocycles. The summed E-state index contributed by atoms with van der Waals surface area (Å²) in [5.74, 6) is -1.31. The molecule has 2 fully saturated rings. The zero-order chi connectivity index (χ0) is 39.9. The third-order valence-corrected chi connectivity index (χ3v) is 11.5. The van der Waals surface area contributed by atoms with E-state index in [1.807, 2.05) is 84.9 Å². The van der Waals surface area contributed by atoms with E-state index >= 15 is 0 Å². The molecule has 0 aromatic heterocycles. The van der Waals surface area contributed by atoms with E-state index in [4.69, 9.17) is 0 Å². The first-order valence-corrected chi connectivity index (χ1v) is 19.9. The van der Waals surface area contributed by atoms with E-state index in [1.54, 1.807) is 33.8 Å². The van der Waals surface area contributed by atoms with E-state index in [9.17, 15) is 24.6 Å². The summed E-state index contributed by atoms with van der Waals surface area (Å²) in [6.45, 7) is 10.5. The molecule has 0 aliphatic carbocycles. The summed E-state index contributed by atoms with van der Waals surface area (Å²) in [4.78, 5) is 49.7. The van der Waals surface area contributed by atoms with Crippen LogP contribution >= 0.6 is 0 Å². The smallest absolute Gasteiger partial charge is 0.264 e. The maximum absolute atomic E-state index is 14.6. The number of anilines is 3. The van der Waals surface area contributed by atoms with Crippen LogP contribution in [0.2, 0.25) is 0 Å². The van der Waals surface area contributed by atoms with Gasteiger partial charge in [-0.3, -0.25) is 19.3 Å². The fraction of sp³-hybridized carbons (Fsp3) is 0.413. The maximum Gasteiger partial charge on any atom is 0.264 e. The fourth-order valence-corrected chi connectivity index (χ4v) is 8.25. The van der Waals surface area contributed by atoms with Crippen LogP contribution in [0.25, 0.3) is 0 Å². The van der Waals surface area contributed by atoms with Crippen molar-refractivity contribution in [1.29, 1.82) is 0 Å². The normalized spacial score (nSPS) is 19.9. The summed E-state index contributed by atoms with van der Waals surface area (Å²) in [7, 11) is 0. The molecule has 296 valence electrons. The van der Waals surface area contributed by atoms with Gasteiger partial charge in [-0.2, -0.15) is 0 Å². The Morgan fingerprint density at radius 3 is 2.30 bits per heavy atom. The molecule has 3 aliphatic heterocycles. The molecule has 1 spiro atoms. The molecule has 6 rings (SSSR count). The molecule has 56 heavy (non-hydrogen) atoms. The van der Waals surface area contributed by atoms with Crippen molar-refractivity contribution in [1.82, 2.24) is 10.2 Å². The van der Waals surface area contributed by atoms with Gasteiger partial charge in [0.1, 0.15) is 5.54 Å². The summed E-state index contributed by atoms with van der Waals surface area (Å²) >= 11 is 0. The highest BCUT2D eigenvalue weighted by atomic mass is 16.3. The van der Waals surface area contributed by atoms with Crippen LogP contribution < -0.4 is 20.0 Å². The fourth-order valence-electron chi connectivity index (χ4n) is 8.25. The Hall–Kier alpha value is -5.03. The number of rotatable bonds is 15. The Labute approximate surface area is 331 Å². The number of carbonyl (C=O) groups excluding carboxylic acids is 3. The number of fused-ring (bicyclic) bond motifs is 1. The van der Waals surface area contributed by atoms with Gasteiger partial charge >= 0.3 is 0 Å². The lowest BCUT2D eigenvalue weighted by atomic mass is 9.82. The summed E-state index contributed by atoms with van der Waals surface area (Å²) < 4.78 is 0. The number of allylic oxidation sites excluding steroid dienone is 3. The van der Waals surface area contributed by atoms with E-state index in [-0.39, 0.29) is 31.4 Å². The van der Waals surface area contributed by atoms with Crippen molar-refractivity contribution in [3.63, 3.8) is 0 Å². The van der Waals surface area contributed by atoms with Crippen molar-refractivity contribution in [2.45, 2.75) is 77.5 Å². The second-order valence-corrected chi connectivity index (χ2v) is 15.6. The number of piperidine rings is 1. The van der Waals surface area contributed by atoms with Gasteiger partial charge in [-0.25, -0.2) is 0 Å². The van der Waals surface area contributed by atoms with Gasteiger partial charge in [0, 0.05) is 48.9 Å². The highest BCUT2D eigenvalue weighted by Gasteiger charge is 2.55. The molecule has 3 amide bonds. The van der Waals surface area contributed by atoms with Gasteiger partial charge in [-0.1, -0.05) is 90.9 Å². The molecule has 0 saturated carbocycles. The molecular weight excluding hydrogens is 703 g/mol. The van der Waals surface area contributed by atoms with Crippen LogP contribution in [0.5, 0.6) is 0 Å². The predicted molar refractivity (Wildman–Crippen MR) is 223 cm³/mol. The van der Waals surface area contributed by atoms with Gasteiger partial charge in [0.2, 0.25) is 5.91 Å². The van der Waals surface area contributed by atoms with E-state index in [1.165, 1.54) is 5.57 Å². The highest BCUT2D eigenvalue weighted by molar-refractivity contribution is 6.10. The van der Waals surface area contributed by atoms with Crippen LogP contribution in [0.4, 0.5) is 17.1 Å². The first-order valence-electron chi connectivity index (χ1n) is 19.9. The molecule has 0 bridgehead atoms. The third kappa shape index (κ3) is 8.38. The van der Waals surface area contributed by atoms with Gasteiger partial charge in [0.15, 0.2) is 5.60 Å². The number of nitrogens with one attached hydrogen (secondary N) is 1. The van der Waals surface area contributed by atoms with Crippen LogP contribution in [0, 0.1) is 5.92 Å². The molecule has 2 saturated heterocycles. The van der Waals surface area contributed by atoms with E-state index in [0.29, 0.717) is 49.5 Å². The van der Waals surface area contributed by atoms with Gasteiger partial charge in [0.05, 0.1) is 19.0 Å². The molecular formula is C46H57N5O5. The molecule has 10 nitrogen and oxygen atoms in total. The lowest BCUT2D eigenvalue weighted by Gasteiger charge is -2.39. The molecule has 3 aromatic carbocycles. The van der Waals surface area contributed by atoms with Crippen LogP contribution in [-0.2, 0) is 26.5 Å². The first kappa shape index (κ1) is 40.6. The minimum atomic E-state index is -1.95. The average molecular weight is 760 g/mol. The summed E-state index contributed by atoms with van der Waals surface area (Å²) in [5, 5.41) is 25.7. The van der Waals surface area contributed by atoms with Gasteiger partial charge in [-0.05, 0) is 95.4 Å². The van der Waals surface area contributed by atoms with Crippen LogP contribution in [0.3, 0.4) is 0 Å². The van der Waals surface area contributed by atoms with Crippen LogP contribution in [0.15, 0.2) is 114 Å². The number of benzene rings is 3. The number of aliphatic hydroxyl groups is 2. The molecule has 2 atom stereocenters. The topological polar surface area (TPSA) is 117 Å². The number of nitrogens with zero attached hydrogens (tertiary/aromatic N) is 4. The summed E-state index contributed by atoms with van der Waals surface area (Å²) in [6, 6.07) is 25.2. The van der Waals surface area contributed by atoms with Crippen molar-refractivity contribution < 1.29 is 24.6 Å². The zero-order valence-corrected chi connectivity index (χ0v) is 33.3. The zero-order valence-electron chi connectivity index (χ0n) is 33.3. The van der Waals surface area contributed by atoms with Crippen molar-refractivity contribution in [3.05, 3.63) is 125 Å². The number of aliphatic hydroxyl groups excluding tert-OH is 1. The molecule has 0 radical (unpaired) electrons. The highest BCUT2D eigenvalue weighted by Crippen LogP contribution is 2.48. The molecule has 3 aromatic rings. The quantitative estimate of drug-likeness (QED) is 0.153. The van der Waals surface area contributed by atoms with Crippen molar-refractivity contribution in [2.24, 2.45) is 5.92 Å². The van der Waals surface area contributed by atoms with Gasteiger partial charge < -0.3 is 30.2 Å². The van der Waals surface area contributed by atoms with Crippen molar-refractivity contribution in [2.75, 3.05) is 54.2 Å². The number of amides is 3. The Kier molecular flexibility index (Phi) is 12.9. The van der Waals surface area contributed by atoms with Crippen molar-refractivity contribution in [3.8, 4) is 0 Å². The average Bonchev–Trinajstić information content (AvgIpc) is 3.60. The van der Waals surface area contributed by atoms with E-state index < -0.39 is 23.0 Å². The van der Waals surface area contributed by atoms with Crippen molar-refractivity contribution >= 4 is 34.8 Å². The SMILES string of the molecule is CC(C)=CCC/C(C)=C/CN1C(=O)[C@@](O)([C@@H](C)/C=C/CC(=O)N(CCO)Cc2ccccc2)c2cc(N3CN(c4ccccc4)C4(CCNCC4)C3=O)ccc21. The largest absolute Gasteiger partial charge is 0.395 e. The molecule has 3 N–H and O–H groups in total. The Balaban J connectivity index is 1.31. The number of hydrogen-bond acceptors (Lipinski definition) is 7. The van der Waals surface area contributed by atoms with Gasteiger partial charge in [0.25, 0.3) is 11.8 Å². The first-order chi connectivity index (χ1) is 27.0. The number of hydrogen-bond donors (Lipinski definition) is 3. The Morgan fingerprint density at radius 1 is 0.929 bits per heavy atom. The van der Waals surface area contributed by atoms with E-state index in [2.05, 4.69) is 37.1 Å². The minimum absolute atomic E-state index is 0.0110. The second-order valence-electron chi connectivity index (χ2n) is 15.6. The summed E-state index contributed by atoms with van der Waals surface area (Å²) in [5.41, 5.74) is 3.36. The predicted octanol–water partition coefficient (Wildman–Crippen LogP) is 6.45. The third-order valence-electron chi connectivity index (χ3n) is 11.5.